The zero-order valence-electron chi connectivity index (χ0n) is 25.5. The summed E-state index contributed by atoms with van der Waals surface area (Å²) in [4.78, 5) is 48.7. The maximum absolute atomic E-state index is 14.8. The number of carbonyl (C=O) groups is 3. The maximum atomic E-state index is 14.8. The highest BCUT2D eigenvalue weighted by Gasteiger charge is 2.74. The fourth-order valence-corrected chi connectivity index (χ4v) is 9.59. The molecule has 4 heterocycles. The number of cyclic esters (lactones) is 1. The monoisotopic (exact) mass is 595 g/mol. The summed E-state index contributed by atoms with van der Waals surface area (Å²) >= 11 is 1.54. The van der Waals surface area contributed by atoms with Gasteiger partial charge in [-0.15, -0.1) is 11.8 Å². The topological polar surface area (TPSA) is 90.4 Å². The van der Waals surface area contributed by atoms with Crippen LogP contribution in [0.3, 0.4) is 0 Å². The van der Waals surface area contributed by atoms with E-state index < -0.39 is 33.4 Å². The second kappa shape index (κ2) is 12.1. The highest BCUT2D eigenvalue weighted by Crippen LogP contribution is 2.65. The van der Waals surface area contributed by atoms with Crippen LogP contribution in [0.25, 0.3) is 0 Å². The fourth-order valence-electron chi connectivity index (χ4n) is 7.45. The molecule has 228 valence electrons. The summed E-state index contributed by atoms with van der Waals surface area (Å²) in [6.07, 6.45) is 10.2. The SMILES string of the molecule is CCN(CC)c1ccc(N2CC=C[C@]34S[C@@]5(C)/C=C\CCCOC(=O)[C@H]5[C@H]3C(=O)N([C@@H](CO)CC(C)C)C4C2=O)cc1. The Morgan fingerprint density at radius 3 is 2.40 bits per heavy atom. The summed E-state index contributed by atoms with van der Waals surface area (Å²) in [7, 11) is 0. The lowest BCUT2D eigenvalue weighted by atomic mass is 9.74. The minimum Gasteiger partial charge on any atom is -0.465 e. The number of esters is 1. The number of hydrogen-bond acceptors (Lipinski definition) is 7. The molecule has 4 aliphatic rings. The summed E-state index contributed by atoms with van der Waals surface area (Å²) in [5, 5.41) is 10.6. The predicted octanol–water partition coefficient (Wildman–Crippen LogP) is 4.42. The Balaban J connectivity index is 1.62. The Kier molecular flexibility index (Phi) is 8.82. The van der Waals surface area contributed by atoms with E-state index in [-0.39, 0.29) is 30.3 Å². The molecule has 0 aliphatic carbocycles. The van der Waals surface area contributed by atoms with Crippen molar-refractivity contribution in [2.45, 2.75) is 75.5 Å². The summed E-state index contributed by atoms with van der Waals surface area (Å²) in [6.45, 7) is 12.5. The number of hydrogen-bond donors (Lipinski definition) is 1. The second-order valence-corrected chi connectivity index (χ2v) is 14.3. The van der Waals surface area contributed by atoms with Crippen molar-refractivity contribution in [2.24, 2.45) is 17.8 Å². The molecule has 9 heteroatoms. The lowest BCUT2D eigenvalue weighted by molar-refractivity contribution is -0.154. The molecular formula is C33H45N3O5S. The smallest absolute Gasteiger partial charge is 0.311 e. The van der Waals surface area contributed by atoms with Crippen molar-refractivity contribution in [3.63, 3.8) is 0 Å². The van der Waals surface area contributed by atoms with Crippen LogP contribution >= 0.6 is 11.8 Å². The van der Waals surface area contributed by atoms with Crippen LogP contribution in [-0.2, 0) is 19.1 Å². The van der Waals surface area contributed by atoms with Crippen LogP contribution in [0.1, 0.15) is 53.9 Å². The number of amides is 2. The van der Waals surface area contributed by atoms with Crippen molar-refractivity contribution in [1.29, 1.82) is 0 Å². The number of aliphatic hydroxyl groups is 1. The van der Waals surface area contributed by atoms with E-state index >= 15 is 0 Å². The first kappa shape index (κ1) is 30.7. The summed E-state index contributed by atoms with van der Waals surface area (Å²) in [5.41, 5.74) is 1.85. The van der Waals surface area contributed by atoms with E-state index in [9.17, 15) is 19.5 Å². The van der Waals surface area contributed by atoms with Gasteiger partial charge in [-0.25, -0.2) is 0 Å². The van der Waals surface area contributed by atoms with E-state index in [0.717, 1.165) is 37.3 Å². The number of fused-ring (bicyclic) bond motifs is 2. The first-order chi connectivity index (χ1) is 20.1. The molecule has 1 spiro atoms. The van der Waals surface area contributed by atoms with Gasteiger partial charge in [0.15, 0.2) is 0 Å². The Morgan fingerprint density at radius 2 is 1.76 bits per heavy atom. The van der Waals surface area contributed by atoms with Crippen molar-refractivity contribution in [2.75, 3.05) is 42.6 Å². The molecule has 5 rings (SSSR count). The van der Waals surface area contributed by atoms with Gasteiger partial charge in [0.25, 0.3) is 5.91 Å². The molecule has 2 fully saturated rings. The summed E-state index contributed by atoms with van der Waals surface area (Å²) in [5.74, 6) is -2.14. The molecule has 2 saturated heterocycles. The van der Waals surface area contributed by atoms with E-state index in [1.807, 2.05) is 57.2 Å². The Bertz CT molecular complexity index is 1240. The molecule has 1 unspecified atom stereocenters. The maximum Gasteiger partial charge on any atom is 0.311 e. The number of benzene rings is 1. The highest BCUT2D eigenvalue weighted by molar-refractivity contribution is 8.02. The van der Waals surface area contributed by atoms with Gasteiger partial charge in [-0.05, 0) is 70.2 Å². The van der Waals surface area contributed by atoms with Crippen molar-refractivity contribution in [3.8, 4) is 0 Å². The van der Waals surface area contributed by atoms with Gasteiger partial charge in [-0.2, -0.15) is 0 Å². The standard InChI is InChI=1S/C33H45N3O5S/c1-6-34(7-2)23-12-14-24(15-13-23)35-18-11-17-33-26(27-31(40)41-19-10-8-9-16-32(27,5)42-33)29(38)36(28(33)30(35)39)25(21-37)20-22(3)4/h9,11-17,22,25-28,37H,6-8,10,18-21H2,1-5H3/b16-9-/t25-,26+,27-,28?,32+,33+/m1/s1. The van der Waals surface area contributed by atoms with E-state index in [1.54, 1.807) is 21.6 Å². The zero-order chi connectivity index (χ0) is 30.2. The highest BCUT2D eigenvalue weighted by atomic mass is 32.2. The number of nitrogens with zero attached hydrogens (tertiary/aromatic N) is 3. The van der Waals surface area contributed by atoms with Gasteiger partial charge in [0, 0.05) is 35.8 Å². The molecular weight excluding hydrogens is 550 g/mol. The summed E-state index contributed by atoms with van der Waals surface area (Å²) < 4.78 is 4.03. The lowest BCUT2D eigenvalue weighted by Crippen LogP contribution is -2.57. The number of rotatable bonds is 8. The number of ether oxygens (including phenoxy) is 1. The van der Waals surface area contributed by atoms with Crippen LogP contribution < -0.4 is 9.80 Å². The van der Waals surface area contributed by atoms with Crippen LogP contribution in [0.4, 0.5) is 11.4 Å². The van der Waals surface area contributed by atoms with Crippen molar-refractivity contribution in [3.05, 3.63) is 48.6 Å². The minimum atomic E-state index is -0.976. The van der Waals surface area contributed by atoms with Crippen LogP contribution in [0.2, 0.25) is 0 Å². The molecule has 4 aliphatic heterocycles. The second-order valence-electron chi connectivity index (χ2n) is 12.5. The Labute approximate surface area is 254 Å². The Morgan fingerprint density at radius 1 is 1.05 bits per heavy atom. The molecule has 1 aromatic carbocycles. The van der Waals surface area contributed by atoms with E-state index in [2.05, 4.69) is 30.9 Å². The van der Waals surface area contributed by atoms with Gasteiger partial charge in [0.1, 0.15) is 6.04 Å². The largest absolute Gasteiger partial charge is 0.465 e. The number of anilines is 2. The van der Waals surface area contributed by atoms with E-state index in [0.29, 0.717) is 19.6 Å². The normalized spacial score (nSPS) is 32.4. The van der Waals surface area contributed by atoms with E-state index in [1.165, 1.54) is 0 Å². The third kappa shape index (κ3) is 5.06. The van der Waals surface area contributed by atoms with Gasteiger partial charge < -0.3 is 24.5 Å². The number of thioether (sulfide) groups is 1. The number of allylic oxidation sites excluding steroid dienone is 1. The number of aliphatic hydroxyl groups excluding tert-OH is 1. The molecule has 6 atom stereocenters. The molecule has 2 amide bonds. The molecule has 0 radical (unpaired) electrons. The van der Waals surface area contributed by atoms with Gasteiger partial charge in [-0.3, -0.25) is 14.4 Å². The number of carbonyl (C=O) groups excluding carboxylic acids is 3. The molecule has 0 bridgehead atoms. The third-order valence-electron chi connectivity index (χ3n) is 9.33. The van der Waals surface area contributed by atoms with Crippen molar-refractivity contribution in [1.82, 2.24) is 4.90 Å². The van der Waals surface area contributed by atoms with Crippen LogP contribution in [0.5, 0.6) is 0 Å². The lowest BCUT2D eigenvalue weighted by Gasteiger charge is -2.40. The zero-order valence-corrected chi connectivity index (χ0v) is 26.3. The van der Waals surface area contributed by atoms with Crippen molar-refractivity contribution >= 4 is 40.9 Å². The van der Waals surface area contributed by atoms with Gasteiger partial charge in [-0.1, -0.05) is 38.2 Å². The quantitative estimate of drug-likeness (QED) is 0.352. The third-order valence-corrected chi connectivity index (χ3v) is 11.1. The van der Waals surface area contributed by atoms with Crippen LogP contribution in [-0.4, -0.2) is 82.2 Å². The minimum absolute atomic E-state index is 0.186. The average molecular weight is 596 g/mol. The van der Waals surface area contributed by atoms with E-state index in [4.69, 9.17) is 4.74 Å². The van der Waals surface area contributed by atoms with Crippen LogP contribution in [0.15, 0.2) is 48.6 Å². The first-order valence-corrected chi connectivity index (χ1v) is 16.2. The fraction of sp³-hybridized carbons (Fsp3) is 0.606. The molecule has 8 nitrogen and oxygen atoms in total. The molecule has 0 saturated carbocycles. The summed E-state index contributed by atoms with van der Waals surface area (Å²) in [6, 6.07) is 6.59. The average Bonchev–Trinajstić information content (AvgIpc) is 3.32. The van der Waals surface area contributed by atoms with Gasteiger partial charge >= 0.3 is 5.97 Å². The number of likely N-dealkylation sites (tertiary alicyclic amines) is 1. The Hall–Kier alpha value is -2.78. The molecule has 42 heavy (non-hydrogen) atoms. The molecule has 0 aromatic heterocycles. The molecule has 1 aromatic rings. The molecule has 1 N–H and O–H groups in total. The van der Waals surface area contributed by atoms with Gasteiger partial charge in [0.05, 0.1) is 35.8 Å². The van der Waals surface area contributed by atoms with Crippen molar-refractivity contribution < 1.29 is 24.2 Å². The first-order valence-electron chi connectivity index (χ1n) is 15.4. The van der Waals surface area contributed by atoms with Gasteiger partial charge in [0.2, 0.25) is 5.91 Å². The van der Waals surface area contributed by atoms with Crippen LogP contribution in [0, 0.1) is 17.8 Å². The predicted molar refractivity (Wildman–Crippen MR) is 167 cm³/mol.